The number of amides is 1. The second-order valence-electron chi connectivity index (χ2n) is 4.36. The number of aromatic amines is 1. The van der Waals surface area contributed by atoms with Gasteiger partial charge in [-0.1, -0.05) is 0 Å². The molecule has 1 aromatic heterocycles. The van der Waals surface area contributed by atoms with Crippen LogP contribution in [0.5, 0.6) is 0 Å². The maximum atomic E-state index is 13.2. The number of anilines is 1. The van der Waals surface area contributed by atoms with E-state index in [0.717, 1.165) is 10.9 Å². The molecule has 3 rings (SSSR count). The molecule has 1 amide bonds. The highest BCUT2D eigenvalue weighted by Crippen LogP contribution is 2.20. The van der Waals surface area contributed by atoms with E-state index in [4.69, 9.17) is 0 Å². The van der Waals surface area contributed by atoms with E-state index in [9.17, 15) is 9.18 Å². The van der Waals surface area contributed by atoms with Gasteiger partial charge in [0.15, 0.2) is 0 Å². The smallest absolute Gasteiger partial charge is 0.256 e. The molecule has 0 fully saturated rings. The van der Waals surface area contributed by atoms with Gasteiger partial charge in [-0.05, 0) is 65.1 Å². The van der Waals surface area contributed by atoms with E-state index in [1.54, 1.807) is 6.07 Å². The van der Waals surface area contributed by atoms with Crippen LogP contribution in [0.15, 0.2) is 48.7 Å². The summed E-state index contributed by atoms with van der Waals surface area (Å²) in [6, 6.07) is 11.7. The molecule has 0 aliphatic carbocycles. The lowest BCUT2D eigenvalue weighted by atomic mass is 10.2. The monoisotopic (exact) mass is 380 g/mol. The molecule has 0 radical (unpaired) electrons. The Balaban J connectivity index is 1.89. The lowest BCUT2D eigenvalue weighted by molar-refractivity contribution is 0.102. The van der Waals surface area contributed by atoms with Crippen LogP contribution in [0.25, 0.3) is 10.9 Å². The van der Waals surface area contributed by atoms with Crippen LogP contribution in [-0.4, -0.2) is 10.9 Å². The SMILES string of the molecule is O=C(Nc1ccc2[nH]ccc2c1)c1cc(F)ccc1I. The molecular formula is C15H10FIN2O. The zero-order valence-electron chi connectivity index (χ0n) is 10.3. The number of benzene rings is 2. The number of carbonyl (C=O) groups excluding carboxylic acids is 1. The van der Waals surface area contributed by atoms with Crippen molar-refractivity contribution in [2.24, 2.45) is 0 Å². The minimum absolute atomic E-state index is 0.316. The predicted octanol–water partition coefficient (Wildman–Crippen LogP) is 4.16. The summed E-state index contributed by atoms with van der Waals surface area (Å²) in [5, 5.41) is 3.79. The van der Waals surface area contributed by atoms with Crippen LogP contribution < -0.4 is 5.32 Å². The summed E-state index contributed by atoms with van der Waals surface area (Å²) in [6.45, 7) is 0. The molecule has 0 atom stereocenters. The zero-order valence-corrected chi connectivity index (χ0v) is 12.4. The first-order chi connectivity index (χ1) is 9.63. The first-order valence-electron chi connectivity index (χ1n) is 5.97. The Morgan fingerprint density at radius 1 is 1.15 bits per heavy atom. The van der Waals surface area contributed by atoms with Crippen molar-refractivity contribution in [2.45, 2.75) is 0 Å². The Morgan fingerprint density at radius 2 is 2.00 bits per heavy atom. The minimum Gasteiger partial charge on any atom is -0.361 e. The fourth-order valence-electron chi connectivity index (χ4n) is 2.00. The number of fused-ring (bicyclic) bond motifs is 1. The molecule has 0 saturated heterocycles. The van der Waals surface area contributed by atoms with Crippen molar-refractivity contribution in [3.8, 4) is 0 Å². The van der Waals surface area contributed by atoms with Crippen LogP contribution in [0.2, 0.25) is 0 Å². The number of hydrogen-bond donors (Lipinski definition) is 2. The van der Waals surface area contributed by atoms with Crippen LogP contribution in [-0.2, 0) is 0 Å². The fraction of sp³-hybridized carbons (Fsp3) is 0. The molecular weight excluding hydrogens is 370 g/mol. The molecule has 3 aromatic rings. The van der Waals surface area contributed by atoms with Crippen molar-refractivity contribution in [3.05, 3.63) is 63.6 Å². The van der Waals surface area contributed by atoms with Crippen molar-refractivity contribution in [1.29, 1.82) is 0 Å². The van der Waals surface area contributed by atoms with E-state index in [1.807, 2.05) is 53.1 Å². The Hall–Kier alpha value is -1.89. The average molecular weight is 380 g/mol. The van der Waals surface area contributed by atoms with Gasteiger partial charge in [0.2, 0.25) is 0 Å². The van der Waals surface area contributed by atoms with Gasteiger partial charge in [0.25, 0.3) is 5.91 Å². The zero-order chi connectivity index (χ0) is 14.1. The van der Waals surface area contributed by atoms with Gasteiger partial charge in [0, 0.05) is 26.4 Å². The molecule has 0 spiro atoms. The molecule has 2 N–H and O–H groups in total. The second kappa shape index (κ2) is 5.24. The molecule has 0 bridgehead atoms. The summed E-state index contributed by atoms with van der Waals surface area (Å²) in [7, 11) is 0. The molecule has 2 aromatic carbocycles. The van der Waals surface area contributed by atoms with E-state index in [1.165, 1.54) is 12.1 Å². The van der Waals surface area contributed by atoms with E-state index in [0.29, 0.717) is 14.8 Å². The standard InChI is InChI=1S/C15H10FIN2O/c16-10-1-3-13(17)12(8-10)15(20)19-11-2-4-14-9(7-11)5-6-18-14/h1-8,18H,(H,19,20). The fourth-order valence-corrected chi connectivity index (χ4v) is 2.58. The Kier molecular flexibility index (Phi) is 3.43. The van der Waals surface area contributed by atoms with Crippen LogP contribution in [0.1, 0.15) is 10.4 Å². The Labute approximate surface area is 128 Å². The Bertz CT molecular complexity index is 797. The third-order valence-electron chi connectivity index (χ3n) is 2.98. The quantitative estimate of drug-likeness (QED) is 0.645. The normalized spacial score (nSPS) is 10.7. The van der Waals surface area contributed by atoms with Crippen molar-refractivity contribution in [3.63, 3.8) is 0 Å². The number of H-pyrrole nitrogens is 1. The van der Waals surface area contributed by atoms with Gasteiger partial charge in [-0.25, -0.2) is 4.39 Å². The number of halogens is 2. The van der Waals surface area contributed by atoms with Crippen molar-refractivity contribution >= 4 is 45.1 Å². The van der Waals surface area contributed by atoms with Crippen LogP contribution in [0.4, 0.5) is 10.1 Å². The predicted molar refractivity (Wildman–Crippen MR) is 85.4 cm³/mol. The number of hydrogen-bond acceptors (Lipinski definition) is 1. The summed E-state index contributed by atoms with van der Waals surface area (Å²) in [4.78, 5) is 15.3. The maximum Gasteiger partial charge on any atom is 0.256 e. The summed E-state index contributed by atoms with van der Waals surface area (Å²) in [6.07, 6.45) is 1.84. The third-order valence-corrected chi connectivity index (χ3v) is 3.92. The van der Waals surface area contributed by atoms with E-state index < -0.39 is 5.82 Å². The highest BCUT2D eigenvalue weighted by Gasteiger charge is 2.11. The van der Waals surface area contributed by atoms with E-state index in [2.05, 4.69) is 10.3 Å². The summed E-state index contributed by atoms with van der Waals surface area (Å²) in [5.74, 6) is -0.736. The largest absolute Gasteiger partial charge is 0.361 e. The van der Waals surface area contributed by atoms with Gasteiger partial charge in [0.1, 0.15) is 5.82 Å². The van der Waals surface area contributed by atoms with Gasteiger partial charge in [-0.15, -0.1) is 0 Å². The van der Waals surface area contributed by atoms with Gasteiger partial charge in [-0.2, -0.15) is 0 Å². The lowest BCUT2D eigenvalue weighted by Gasteiger charge is -2.07. The van der Waals surface area contributed by atoms with Crippen LogP contribution in [0, 0.1) is 9.39 Å². The number of nitrogens with one attached hydrogen (secondary N) is 2. The van der Waals surface area contributed by atoms with Crippen LogP contribution >= 0.6 is 22.6 Å². The van der Waals surface area contributed by atoms with E-state index >= 15 is 0 Å². The highest BCUT2D eigenvalue weighted by atomic mass is 127. The van der Waals surface area contributed by atoms with Crippen molar-refractivity contribution in [2.75, 3.05) is 5.32 Å². The second-order valence-corrected chi connectivity index (χ2v) is 5.52. The third kappa shape index (κ3) is 2.53. The first-order valence-corrected chi connectivity index (χ1v) is 7.05. The summed E-state index contributed by atoms with van der Waals surface area (Å²) < 4.78 is 13.9. The molecule has 1 heterocycles. The Morgan fingerprint density at radius 3 is 2.85 bits per heavy atom. The van der Waals surface area contributed by atoms with E-state index in [-0.39, 0.29) is 5.91 Å². The molecule has 20 heavy (non-hydrogen) atoms. The molecule has 5 heteroatoms. The van der Waals surface area contributed by atoms with Gasteiger partial charge >= 0.3 is 0 Å². The molecule has 0 saturated carbocycles. The molecule has 3 nitrogen and oxygen atoms in total. The summed E-state index contributed by atoms with van der Waals surface area (Å²) in [5.41, 5.74) is 2.02. The maximum absolute atomic E-state index is 13.2. The van der Waals surface area contributed by atoms with Crippen LogP contribution in [0.3, 0.4) is 0 Å². The number of rotatable bonds is 2. The van der Waals surface area contributed by atoms with Gasteiger partial charge < -0.3 is 10.3 Å². The molecule has 0 aliphatic rings. The lowest BCUT2D eigenvalue weighted by Crippen LogP contribution is -2.13. The highest BCUT2D eigenvalue weighted by molar-refractivity contribution is 14.1. The number of carbonyl (C=O) groups is 1. The molecule has 100 valence electrons. The van der Waals surface area contributed by atoms with Gasteiger partial charge in [-0.3, -0.25) is 4.79 Å². The van der Waals surface area contributed by atoms with Gasteiger partial charge in [0.05, 0.1) is 5.56 Å². The number of aromatic nitrogens is 1. The van der Waals surface area contributed by atoms with Crippen molar-refractivity contribution < 1.29 is 9.18 Å². The molecule has 0 unspecified atom stereocenters. The first kappa shape index (κ1) is 13.1. The molecule has 0 aliphatic heterocycles. The van der Waals surface area contributed by atoms with Crippen molar-refractivity contribution in [1.82, 2.24) is 4.98 Å². The average Bonchev–Trinajstić information content (AvgIpc) is 2.89. The minimum atomic E-state index is -0.420. The topological polar surface area (TPSA) is 44.9 Å². The summed E-state index contributed by atoms with van der Waals surface area (Å²) >= 11 is 2.02.